The van der Waals surface area contributed by atoms with Gasteiger partial charge in [-0.3, -0.25) is 10.1 Å². The maximum Gasteiger partial charge on any atom is 1.00 e. The average Bonchev–Trinajstić information content (AvgIpc) is 1.31. The fourth-order valence-electron chi connectivity index (χ4n) is 0. The quantitative estimate of drug-likeness (QED) is 0.221. The number of nitrogens with zero attached hydrogens (tertiary/aromatic N) is 1. The van der Waals surface area contributed by atoms with E-state index in [0.29, 0.717) is 0 Å². The van der Waals surface area contributed by atoms with Crippen LogP contribution in [0.2, 0.25) is 0 Å². The van der Waals surface area contributed by atoms with Gasteiger partial charge in [-0.05, 0) is 34.8 Å². The molecule has 0 spiro atoms. The van der Waals surface area contributed by atoms with E-state index in [0.717, 1.165) is 0 Å². The molecular formula is CAgCl3NO2+. The molecule has 0 atom stereocenters. The molecule has 52 valence electrons. The van der Waals surface area contributed by atoms with Crippen LogP contribution in [0.15, 0.2) is 0 Å². The number of halogens is 3. The fraction of sp³-hybridized carbons (Fsp3) is 1.00. The molecule has 0 radical (unpaired) electrons. The fourth-order valence-corrected chi connectivity index (χ4v) is 0. The molecule has 0 aliphatic rings. The molecule has 0 aliphatic heterocycles. The monoisotopic (exact) mass is 270 g/mol. The Hall–Kier alpha value is 1.01. The first-order valence-corrected chi connectivity index (χ1v) is 2.29. The van der Waals surface area contributed by atoms with E-state index in [4.69, 9.17) is 34.8 Å². The van der Waals surface area contributed by atoms with E-state index >= 15 is 0 Å². The maximum absolute atomic E-state index is 9.43. The third kappa shape index (κ3) is 5.15. The zero-order valence-electron chi connectivity index (χ0n) is 3.20. The van der Waals surface area contributed by atoms with Crippen molar-refractivity contribution in [2.45, 2.75) is 3.92 Å². The second-order valence-electron chi connectivity index (χ2n) is 0.725. The van der Waals surface area contributed by atoms with Gasteiger partial charge < -0.3 is 0 Å². The van der Waals surface area contributed by atoms with E-state index in [1.807, 2.05) is 0 Å². The van der Waals surface area contributed by atoms with E-state index in [2.05, 4.69) is 0 Å². The van der Waals surface area contributed by atoms with Gasteiger partial charge in [-0.25, -0.2) is 0 Å². The zero-order chi connectivity index (χ0) is 6.08. The Labute approximate surface area is 75.9 Å². The van der Waals surface area contributed by atoms with Gasteiger partial charge >= 0.3 is 26.3 Å². The van der Waals surface area contributed by atoms with Gasteiger partial charge in [0, 0.05) is 0 Å². The topological polar surface area (TPSA) is 43.1 Å². The average molecular weight is 272 g/mol. The number of nitro groups is 1. The molecule has 0 aromatic carbocycles. The van der Waals surface area contributed by atoms with Crippen LogP contribution < -0.4 is 0 Å². The van der Waals surface area contributed by atoms with Gasteiger partial charge in [-0.15, -0.1) is 0 Å². The van der Waals surface area contributed by atoms with Gasteiger partial charge in [-0.1, -0.05) is 0 Å². The van der Waals surface area contributed by atoms with Crippen molar-refractivity contribution < 1.29 is 27.3 Å². The van der Waals surface area contributed by atoms with Crippen LogP contribution in [0.1, 0.15) is 0 Å². The summed E-state index contributed by atoms with van der Waals surface area (Å²) >= 11 is 14.1. The normalized spacial score (nSPS) is 9.88. The SMILES string of the molecule is O=[N+]([O-])C(Cl)(Cl)Cl.[Ag+]. The third-order valence-corrected chi connectivity index (χ3v) is 0.621. The predicted octanol–water partition coefficient (Wildman–Crippen LogP) is 1.59. The summed E-state index contributed by atoms with van der Waals surface area (Å²) in [6.45, 7) is 0. The first kappa shape index (κ1) is 11.8. The van der Waals surface area contributed by atoms with Gasteiger partial charge in [0.25, 0.3) is 0 Å². The molecule has 0 saturated carbocycles. The zero-order valence-corrected chi connectivity index (χ0v) is 6.95. The molecule has 0 N–H and O–H groups in total. The van der Waals surface area contributed by atoms with Crippen molar-refractivity contribution in [3.8, 4) is 0 Å². The van der Waals surface area contributed by atoms with Crippen molar-refractivity contribution >= 4 is 34.8 Å². The maximum atomic E-state index is 9.43. The standard InChI is InChI=1S/CCl3NO2.Ag/c2-1(3,4)5(6)7;/q;+1. The summed E-state index contributed by atoms with van der Waals surface area (Å²) in [4.78, 5) is 8.41. The van der Waals surface area contributed by atoms with Crippen molar-refractivity contribution in [2.75, 3.05) is 0 Å². The Morgan fingerprint density at radius 1 is 1.38 bits per heavy atom. The minimum atomic E-state index is -2.36. The molecule has 8 heavy (non-hydrogen) atoms. The Balaban J connectivity index is 0. The minimum Gasteiger partial charge on any atom is -0.260 e. The summed E-state index contributed by atoms with van der Waals surface area (Å²) < 4.78 is -2.36. The summed E-state index contributed by atoms with van der Waals surface area (Å²) in [5.74, 6) is 0. The Morgan fingerprint density at radius 3 is 1.50 bits per heavy atom. The molecule has 0 amide bonds. The van der Waals surface area contributed by atoms with Gasteiger partial charge in [0.2, 0.25) is 0 Å². The Morgan fingerprint density at radius 2 is 1.50 bits per heavy atom. The van der Waals surface area contributed by atoms with Crippen LogP contribution in [0.4, 0.5) is 0 Å². The van der Waals surface area contributed by atoms with Crippen LogP contribution >= 0.6 is 34.8 Å². The molecule has 0 bridgehead atoms. The van der Waals surface area contributed by atoms with Crippen molar-refractivity contribution in [3.05, 3.63) is 10.1 Å². The van der Waals surface area contributed by atoms with Gasteiger partial charge in [0.1, 0.15) is 0 Å². The van der Waals surface area contributed by atoms with E-state index in [9.17, 15) is 10.1 Å². The van der Waals surface area contributed by atoms with Crippen LogP contribution in [0, 0.1) is 10.1 Å². The molecule has 0 saturated heterocycles. The van der Waals surface area contributed by atoms with Gasteiger partial charge in [0.05, 0.1) is 4.92 Å². The molecule has 3 nitrogen and oxygen atoms in total. The Bertz CT molecular complexity index is 89.8. The number of hydrogen-bond donors (Lipinski definition) is 0. The van der Waals surface area contributed by atoms with E-state index < -0.39 is 8.84 Å². The van der Waals surface area contributed by atoms with Crippen LogP contribution in [-0.2, 0) is 22.4 Å². The molecule has 0 aromatic heterocycles. The molecular weight excluding hydrogens is 272 g/mol. The largest absolute Gasteiger partial charge is 1.00 e. The summed E-state index contributed by atoms with van der Waals surface area (Å²) in [5, 5.41) is 9.43. The third-order valence-electron chi connectivity index (χ3n) is 0.207. The smallest absolute Gasteiger partial charge is 0.260 e. The van der Waals surface area contributed by atoms with Gasteiger partial charge in [0.15, 0.2) is 0 Å². The summed E-state index contributed by atoms with van der Waals surface area (Å²) in [5.41, 5.74) is 0. The van der Waals surface area contributed by atoms with E-state index in [1.54, 1.807) is 0 Å². The van der Waals surface area contributed by atoms with Crippen LogP contribution in [0.5, 0.6) is 0 Å². The minimum absolute atomic E-state index is 0. The first-order chi connectivity index (χ1) is 2.94. The van der Waals surface area contributed by atoms with Crippen molar-refractivity contribution in [2.24, 2.45) is 0 Å². The first-order valence-electron chi connectivity index (χ1n) is 1.16. The summed E-state index contributed by atoms with van der Waals surface area (Å²) in [7, 11) is 0. The molecule has 0 rings (SSSR count). The Kier molecular flexibility index (Phi) is 5.78. The second kappa shape index (κ2) is 3.93. The summed E-state index contributed by atoms with van der Waals surface area (Å²) in [6.07, 6.45) is 0. The van der Waals surface area contributed by atoms with Crippen molar-refractivity contribution in [1.29, 1.82) is 0 Å². The van der Waals surface area contributed by atoms with Crippen molar-refractivity contribution in [3.63, 3.8) is 0 Å². The number of hydrogen-bond acceptors (Lipinski definition) is 2. The number of rotatable bonds is 0. The van der Waals surface area contributed by atoms with Crippen LogP contribution in [-0.4, -0.2) is 8.84 Å². The summed E-state index contributed by atoms with van der Waals surface area (Å²) in [6, 6.07) is 0. The van der Waals surface area contributed by atoms with Crippen LogP contribution in [0.25, 0.3) is 0 Å². The van der Waals surface area contributed by atoms with E-state index in [-0.39, 0.29) is 22.4 Å². The van der Waals surface area contributed by atoms with Crippen molar-refractivity contribution in [1.82, 2.24) is 0 Å². The number of alkyl halides is 3. The molecule has 0 fully saturated rings. The molecule has 0 heterocycles. The molecule has 7 heteroatoms. The second-order valence-corrected chi connectivity index (χ2v) is 2.95. The van der Waals surface area contributed by atoms with Gasteiger partial charge in [-0.2, -0.15) is 0 Å². The molecule has 0 aromatic rings. The molecule has 0 aliphatic carbocycles. The van der Waals surface area contributed by atoms with Crippen LogP contribution in [0.3, 0.4) is 0 Å². The predicted molar refractivity (Wildman–Crippen MR) is 27.3 cm³/mol. The van der Waals surface area contributed by atoms with E-state index in [1.165, 1.54) is 0 Å². The molecule has 0 unspecified atom stereocenters.